The lowest BCUT2D eigenvalue weighted by molar-refractivity contribution is -0.121. The number of rotatable bonds is 11. The Bertz CT molecular complexity index is 831. The minimum absolute atomic E-state index is 0.0582. The second-order valence-electron chi connectivity index (χ2n) is 6.77. The molecule has 0 radical (unpaired) electrons. The van der Waals surface area contributed by atoms with Crippen molar-refractivity contribution in [3.63, 3.8) is 0 Å². The summed E-state index contributed by atoms with van der Waals surface area (Å²) in [5.74, 6) is 1.67. The summed E-state index contributed by atoms with van der Waals surface area (Å²) in [5.41, 5.74) is 0.675. The molecule has 0 spiro atoms. The molecule has 0 aliphatic heterocycles. The van der Waals surface area contributed by atoms with Crippen LogP contribution in [0, 0.1) is 5.92 Å². The Morgan fingerprint density at radius 2 is 2.00 bits per heavy atom. The van der Waals surface area contributed by atoms with Crippen LogP contribution >= 0.6 is 0 Å². The van der Waals surface area contributed by atoms with E-state index in [1.165, 1.54) is 12.8 Å². The highest BCUT2D eigenvalue weighted by molar-refractivity contribution is 5.76. The molecule has 1 aromatic carbocycles. The molecule has 28 heavy (non-hydrogen) atoms. The molecule has 3 rings (SSSR count). The van der Waals surface area contributed by atoms with Crippen molar-refractivity contribution in [3.05, 3.63) is 40.3 Å². The standard InChI is InChI=1S/C20H26N4O4/c1-2-27-11-12-28-16-7-5-15(6-8-16)19-22-20(26)17(23-24-19)9-10-18(25)21-13-14-3-4-14/h5-8,14H,2-4,9-13H2,1H3,(H,21,25)(H,22,24,26). The Morgan fingerprint density at radius 3 is 2.68 bits per heavy atom. The van der Waals surface area contributed by atoms with Crippen molar-refractivity contribution < 1.29 is 14.3 Å². The molecule has 0 saturated heterocycles. The third-order valence-corrected chi connectivity index (χ3v) is 4.47. The second-order valence-corrected chi connectivity index (χ2v) is 6.77. The molecule has 1 aliphatic carbocycles. The number of nitrogens with zero attached hydrogens (tertiary/aromatic N) is 2. The van der Waals surface area contributed by atoms with Crippen LogP contribution in [0.3, 0.4) is 0 Å². The van der Waals surface area contributed by atoms with Crippen LogP contribution in [-0.2, 0) is 16.0 Å². The number of carbonyl (C=O) groups excluding carboxylic acids is 1. The van der Waals surface area contributed by atoms with Gasteiger partial charge in [-0.1, -0.05) is 0 Å². The molecule has 1 aromatic heterocycles. The van der Waals surface area contributed by atoms with E-state index in [1.54, 1.807) is 24.3 Å². The van der Waals surface area contributed by atoms with Gasteiger partial charge in [-0.05, 0) is 49.9 Å². The topological polar surface area (TPSA) is 106 Å². The fraction of sp³-hybridized carbons (Fsp3) is 0.500. The maximum Gasteiger partial charge on any atom is 0.273 e. The van der Waals surface area contributed by atoms with Crippen LogP contribution in [0.5, 0.6) is 5.75 Å². The molecular weight excluding hydrogens is 360 g/mol. The first-order chi connectivity index (χ1) is 13.7. The maximum absolute atomic E-state index is 12.2. The summed E-state index contributed by atoms with van der Waals surface area (Å²) in [5, 5.41) is 11.0. The molecule has 2 N–H and O–H groups in total. The first-order valence-electron chi connectivity index (χ1n) is 9.69. The predicted molar refractivity (Wildman–Crippen MR) is 104 cm³/mol. The molecule has 0 unspecified atom stereocenters. The van der Waals surface area contributed by atoms with E-state index in [0.717, 1.165) is 12.1 Å². The summed E-state index contributed by atoms with van der Waals surface area (Å²) in [6, 6.07) is 7.22. The van der Waals surface area contributed by atoms with E-state index in [9.17, 15) is 9.59 Å². The van der Waals surface area contributed by atoms with Gasteiger partial charge in [0.05, 0.1) is 6.61 Å². The quantitative estimate of drug-likeness (QED) is 0.570. The predicted octanol–water partition coefficient (Wildman–Crippen LogP) is 1.71. The van der Waals surface area contributed by atoms with Crippen molar-refractivity contribution in [3.8, 4) is 17.1 Å². The number of carbonyl (C=O) groups is 1. The Labute approximate surface area is 163 Å². The summed E-state index contributed by atoms with van der Waals surface area (Å²) in [7, 11) is 0. The SMILES string of the molecule is CCOCCOc1ccc(-c2nnc(CCC(=O)NCC3CC3)c(=O)[nH]2)cc1. The monoisotopic (exact) mass is 386 g/mol. The highest BCUT2D eigenvalue weighted by atomic mass is 16.5. The van der Waals surface area contributed by atoms with Crippen molar-refractivity contribution in [2.45, 2.75) is 32.6 Å². The van der Waals surface area contributed by atoms with Crippen LogP contribution in [0.4, 0.5) is 0 Å². The molecular formula is C20H26N4O4. The number of H-pyrrole nitrogens is 1. The molecule has 1 saturated carbocycles. The van der Waals surface area contributed by atoms with Gasteiger partial charge in [-0.3, -0.25) is 9.59 Å². The summed E-state index contributed by atoms with van der Waals surface area (Å²) in [4.78, 5) is 26.8. The molecule has 2 aromatic rings. The van der Waals surface area contributed by atoms with E-state index in [0.29, 0.717) is 37.3 Å². The number of benzene rings is 1. The third kappa shape index (κ3) is 6.16. The molecule has 1 heterocycles. The number of hydrogen-bond donors (Lipinski definition) is 2. The van der Waals surface area contributed by atoms with Crippen molar-refractivity contribution in [2.24, 2.45) is 5.92 Å². The number of aromatic nitrogens is 3. The fourth-order valence-electron chi connectivity index (χ4n) is 2.63. The number of ether oxygens (including phenoxy) is 2. The number of amides is 1. The lowest BCUT2D eigenvalue weighted by Gasteiger charge is -2.07. The van der Waals surface area contributed by atoms with Gasteiger partial charge in [0.2, 0.25) is 5.91 Å². The first kappa shape index (κ1) is 20.0. The molecule has 1 aliphatic rings. The Morgan fingerprint density at radius 1 is 1.21 bits per heavy atom. The van der Waals surface area contributed by atoms with Crippen LogP contribution in [0.15, 0.2) is 29.1 Å². The smallest absolute Gasteiger partial charge is 0.273 e. The van der Waals surface area contributed by atoms with Gasteiger partial charge in [0.25, 0.3) is 5.56 Å². The van der Waals surface area contributed by atoms with Gasteiger partial charge < -0.3 is 19.8 Å². The normalized spacial score (nSPS) is 13.3. The Balaban J connectivity index is 1.52. The zero-order valence-corrected chi connectivity index (χ0v) is 16.1. The van der Waals surface area contributed by atoms with Crippen molar-refractivity contribution in [2.75, 3.05) is 26.4 Å². The highest BCUT2D eigenvalue weighted by Crippen LogP contribution is 2.27. The molecule has 0 atom stereocenters. The van der Waals surface area contributed by atoms with E-state index in [-0.39, 0.29) is 30.0 Å². The summed E-state index contributed by atoms with van der Waals surface area (Å²) in [6.45, 7) is 4.34. The minimum Gasteiger partial charge on any atom is -0.491 e. The van der Waals surface area contributed by atoms with Crippen LogP contribution in [0.25, 0.3) is 11.4 Å². The number of aryl methyl sites for hydroxylation is 1. The minimum atomic E-state index is -0.322. The summed E-state index contributed by atoms with van der Waals surface area (Å²) in [6.07, 6.45) is 2.88. The fourth-order valence-corrected chi connectivity index (χ4v) is 2.63. The lowest BCUT2D eigenvalue weighted by Crippen LogP contribution is -2.27. The maximum atomic E-state index is 12.2. The zero-order chi connectivity index (χ0) is 19.8. The molecule has 8 nitrogen and oxygen atoms in total. The number of aromatic amines is 1. The average molecular weight is 386 g/mol. The van der Waals surface area contributed by atoms with Crippen molar-refractivity contribution in [1.82, 2.24) is 20.5 Å². The molecule has 150 valence electrons. The van der Waals surface area contributed by atoms with E-state index < -0.39 is 0 Å². The Kier molecular flexibility index (Phi) is 7.13. The van der Waals surface area contributed by atoms with E-state index in [1.807, 2.05) is 6.92 Å². The van der Waals surface area contributed by atoms with Gasteiger partial charge in [0, 0.05) is 31.6 Å². The van der Waals surface area contributed by atoms with E-state index in [4.69, 9.17) is 9.47 Å². The van der Waals surface area contributed by atoms with Gasteiger partial charge in [0.1, 0.15) is 18.1 Å². The van der Waals surface area contributed by atoms with Crippen LogP contribution in [0.2, 0.25) is 0 Å². The van der Waals surface area contributed by atoms with E-state index >= 15 is 0 Å². The molecule has 8 heteroatoms. The largest absolute Gasteiger partial charge is 0.491 e. The van der Waals surface area contributed by atoms with E-state index in [2.05, 4.69) is 20.5 Å². The van der Waals surface area contributed by atoms with Crippen LogP contribution < -0.4 is 15.6 Å². The van der Waals surface area contributed by atoms with Gasteiger partial charge in [-0.25, -0.2) is 0 Å². The van der Waals surface area contributed by atoms with Crippen LogP contribution in [-0.4, -0.2) is 47.5 Å². The van der Waals surface area contributed by atoms with Gasteiger partial charge >= 0.3 is 0 Å². The second kappa shape index (κ2) is 9.98. The van der Waals surface area contributed by atoms with Crippen molar-refractivity contribution >= 4 is 5.91 Å². The van der Waals surface area contributed by atoms with Crippen molar-refractivity contribution in [1.29, 1.82) is 0 Å². The summed E-state index contributed by atoms with van der Waals surface area (Å²) >= 11 is 0. The van der Waals surface area contributed by atoms with Crippen LogP contribution in [0.1, 0.15) is 31.9 Å². The Hall–Kier alpha value is -2.74. The summed E-state index contributed by atoms with van der Waals surface area (Å²) < 4.78 is 10.8. The lowest BCUT2D eigenvalue weighted by atomic mass is 10.2. The van der Waals surface area contributed by atoms with Gasteiger partial charge in [-0.2, -0.15) is 0 Å². The molecule has 1 amide bonds. The number of nitrogens with one attached hydrogen (secondary N) is 2. The average Bonchev–Trinajstić information content (AvgIpc) is 3.54. The highest BCUT2D eigenvalue weighted by Gasteiger charge is 2.21. The molecule has 1 fully saturated rings. The van der Waals surface area contributed by atoms with Gasteiger partial charge in [0.15, 0.2) is 5.82 Å². The number of hydrogen-bond acceptors (Lipinski definition) is 6. The zero-order valence-electron chi connectivity index (χ0n) is 16.1. The molecule has 0 bridgehead atoms. The van der Waals surface area contributed by atoms with Gasteiger partial charge in [-0.15, -0.1) is 10.2 Å². The third-order valence-electron chi connectivity index (χ3n) is 4.47. The first-order valence-corrected chi connectivity index (χ1v) is 9.69.